The molecule has 0 spiro atoms. The van der Waals surface area contributed by atoms with Crippen molar-refractivity contribution in [2.24, 2.45) is 0 Å². The molecule has 2 aromatic rings. The van der Waals surface area contributed by atoms with Crippen LogP contribution >= 0.6 is 23.2 Å². The maximum Gasteiger partial charge on any atom is 0.303 e. The van der Waals surface area contributed by atoms with Crippen molar-refractivity contribution in [3.05, 3.63) is 33.9 Å². The van der Waals surface area contributed by atoms with Gasteiger partial charge in [0.25, 0.3) is 0 Å². The average Bonchev–Trinajstić information content (AvgIpc) is 2.34. The number of carboxylic acid groups (broad SMARTS) is 1. The summed E-state index contributed by atoms with van der Waals surface area (Å²) in [7, 11) is 1.78. The van der Waals surface area contributed by atoms with Crippen LogP contribution in [0.15, 0.2) is 18.2 Å². The molecule has 0 aliphatic rings. The molecule has 4 nitrogen and oxygen atoms in total. The first kappa shape index (κ1) is 13.9. The molecule has 0 unspecified atom stereocenters. The molecule has 1 aromatic heterocycles. The topological polar surface area (TPSA) is 62.2 Å². The standard InChI is InChI=1S/C13H12Cl2N2O2/c1-16-10-6-8(2-3-12(18)19)17-11-5-7(14)4-9(15)13(10)11/h4-6H,2-3H2,1H3,(H,16,17)(H,18,19). The van der Waals surface area contributed by atoms with Crippen LogP contribution in [-0.2, 0) is 11.2 Å². The Labute approximate surface area is 120 Å². The molecule has 0 fully saturated rings. The molecule has 1 aromatic carbocycles. The molecule has 0 aliphatic heterocycles. The van der Waals surface area contributed by atoms with Gasteiger partial charge in [0.2, 0.25) is 0 Å². The Morgan fingerprint density at radius 2 is 2.11 bits per heavy atom. The second-order valence-corrected chi connectivity index (χ2v) is 4.93. The summed E-state index contributed by atoms with van der Waals surface area (Å²) in [4.78, 5) is 15.0. The first-order valence-corrected chi connectivity index (χ1v) is 6.45. The van der Waals surface area contributed by atoms with Crippen molar-refractivity contribution < 1.29 is 9.90 Å². The zero-order valence-electron chi connectivity index (χ0n) is 10.2. The molecule has 6 heteroatoms. The van der Waals surface area contributed by atoms with E-state index >= 15 is 0 Å². The first-order chi connectivity index (χ1) is 9.01. The number of nitrogens with one attached hydrogen (secondary N) is 1. The molecule has 0 atom stereocenters. The maximum absolute atomic E-state index is 10.6. The van der Waals surface area contributed by atoms with Crippen LogP contribution in [0.4, 0.5) is 5.69 Å². The Morgan fingerprint density at radius 1 is 1.37 bits per heavy atom. The summed E-state index contributed by atoms with van der Waals surface area (Å²) < 4.78 is 0. The molecule has 100 valence electrons. The normalized spacial score (nSPS) is 10.7. The van der Waals surface area contributed by atoms with Gasteiger partial charge in [-0.05, 0) is 18.2 Å². The number of carbonyl (C=O) groups is 1. The molecular formula is C13H12Cl2N2O2. The average molecular weight is 299 g/mol. The van der Waals surface area contributed by atoms with Gasteiger partial charge in [-0.3, -0.25) is 9.78 Å². The van der Waals surface area contributed by atoms with Crippen molar-refractivity contribution >= 4 is 45.8 Å². The summed E-state index contributed by atoms with van der Waals surface area (Å²) in [6.07, 6.45) is 0.403. The number of aromatic nitrogens is 1. The Kier molecular flexibility index (Phi) is 4.12. The van der Waals surface area contributed by atoms with Crippen LogP contribution in [0.3, 0.4) is 0 Å². The number of hydrogen-bond donors (Lipinski definition) is 2. The smallest absolute Gasteiger partial charge is 0.303 e. The third-order valence-corrected chi connectivity index (χ3v) is 3.26. The molecule has 0 bridgehead atoms. The number of benzene rings is 1. The minimum atomic E-state index is -0.850. The van der Waals surface area contributed by atoms with E-state index in [0.717, 1.165) is 11.1 Å². The second kappa shape index (κ2) is 5.63. The highest BCUT2D eigenvalue weighted by Crippen LogP contribution is 2.33. The van der Waals surface area contributed by atoms with E-state index in [1.807, 2.05) is 6.07 Å². The largest absolute Gasteiger partial charge is 0.481 e. The van der Waals surface area contributed by atoms with Crippen molar-refractivity contribution in [3.63, 3.8) is 0 Å². The van der Waals surface area contributed by atoms with Gasteiger partial charge in [-0.2, -0.15) is 0 Å². The van der Waals surface area contributed by atoms with Crippen LogP contribution in [0.25, 0.3) is 10.9 Å². The number of rotatable bonds is 4. The Bertz CT molecular complexity index is 644. The molecule has 1 heterocycles. The molecule has 0 amide bonds. The molecule has 0 saturated carbocycles. The second-order valence-electron chi connectivity index (χ2n) is 4.09. The van der Waals surface area contributed by atoms with E-state index in [1.165, 1.54) is 0 Å². The summed E-state index contributed by atoms with van der Waals surface area (Å²) in [5, 5.41) is 13.6. The predicted molar refractivity (Wildman–Crippen MR) is 77.3 cm³/mol. The van der Waals surface area contributed by atoms with E-state index < -0.39 is 5.97 Å². The van der Waals surface area contributed by atoms with E-state index in [2.05, 4.69) is 10.3 Å². The molecule has 2 N–H and O–H groups in total. The minimum Gasteiger partial charge on any atom is -0.481 e. The van der Waals surface area contributed by atoms with E-state index in [1.54, 1.807) is 19.2 Å². The van der Waals surface area contributed by atoms with Crippen LogP contribution < -0.4 is 5.32 Å². The van der Waals surface area contributed by atoms with Gasteiger partial charge in [-0.15, -0.1) is 0 Å². The van der Waals surface area contributed by atoms with Crippen molar-refractivity contribution in [1.29, 1.82) is 0 Å². The number of halogens is 2. The predicted octanol–water partition coefficient (Wildman–Crippen LogP) is 3.60. The number of aryl methyl sites for hydroxylation is 1. The Balaban J connectivity index is 2.55. The summed E-state index contributed by atoms with van der Waals surface area (Å²) in [5.74, 6) is -0.850. The summed E-state index contributed by atoms with van der Waals surface area (Å²) in [6, 6.07) is 5.18. The molecule has 19 heavy (non-hydrogen) atoms. The lowest BCUT2D eigenvalue weighted by molar-refractivity contribution is -0.136. The monoisotopic (exact) mass is 298 g/mol. The molecule has 2 rings (SSSR count). The zero-order chi connectivity index (χ0) is 14.0. The molecule has 0 saturated heterocycles. The first-order valence-electron chi connectivity index (χ1n) is 5.69. The van der Waals surface area contributed by atoms with Crippen LogP contribution in [0, 0.1) is 0 Å². The van der Waals surface area contributed by atoms with Crippen LogP contribution in [-0.4, -0.2) is 23.1 Å². The minimum absolute atomic E-state index is 0.0377. The summed E-state index contributed by atoms with van der Waals surface area (Å²) in [5.41, 5.74) is 2.16. The van der Waals surface area contributed by atoms with Gasteiger partial charge in [0, 0.05) is 35.3 Å². The van der Waals surface area contributed by atoms with E-state index in [9.17, 15) is 4.79 Å². The zero-order valence-corrected chi connectivity index (χ0v) is 11.7. The molecular weight excluding hydrogens is 287 g/mol. The van der Waals surface area contributed by atoms with E-state index in [0.29, 0.717) is 27.7 Å². The number of nitrogens with zero attached hydrogens (tertiary/aromatic N) is 1. The van der Waals surface area contributed by atoms with Gasteiger partial charge in [0.15, 0.2) is 0 Å². The number of aliphatic carboxylic acids is 1. The summed E-state index contributed by atoms with van der Waals surface area (Å²) in [6.45, 7) is 0. The van der Waals surface area contributed by atoms with E-state index in [4.69, 9.17) is 28.3 Å². The number of fused-ring (bicyclic) bond motifs is 1. The number of anilines is 1. The Morgan fingerprint density at radius 3 is 2.74 bits per heavy atom. The molecule has 0 radical (unpaired) electrons. The van der Waals surface area contributed by atoms with Gasteiger partial charge in [0.1, 0.15) is 0 Å². The van der Waals surface area contributed by atoms with E-state index in [-0.39, 0.29) is 6.42 Å². The van der Waals surface area contributed by atoms with Gasteiger partial charge >= 0.3 is 5.97 Å². The highest BCUT2D eigenvalue weighted by atomic mass is 35.5. The third kappa shape index (κ3) is 3.08. The fourth-order valence-corrected chi connectivity index (χ4v) is 2.49. The van der Waals surface area contributed by atoms with Crippen LogP contribution in [0.1, 0.15) is 12.1 Å². The van der Waals surface area contributed by atoms with Gasteiger partial charge in [-0.25, -0.2) is 0 Å². The van der Waals surface area contributed by atoms with Gasteiger partial charge in [0.05, 0.1) is 17.0 Å². The lowest BCUT2D eigenvalue weighted by atomic mass is 10.1. The number of hydrogen-bond acceptors (Lipinski definition) is 3. The maximum atomic E-state index is 10.6. The lowest BCUT2D eigenvalue weighted by Crippen LogP contribution is -2.01. The summed E-state index contributed by atoms with van der Waals surface area (Å²) >= 11 is 12.1. The van der Waals surface area contributed by atoms with Crippen molar-refractivity contribution in [2.45, 2.75) is 12.8 Å². The fourth-order valence-electron chi connectivity index (χ4n) is 1.90. The van der Waals surface area contributed by atoms with Gasteiger partial charge in [-0.1, -0.05) is 23.2 Å². The SMILES string of the molecule is CNc1cc(CCC(=O)O)nc2cc(Cl)cc(Cl)c12. The van der Waals surface area contributed by atoms with Crippen LogP contribution in [0.5, 0.6) is 0 Å². The van der Waals surface area contributed by atoms with Crippen molar-refractivity contribution in [2.75, 3.05) is 12.4 Å². The number of pyridine rings is 1. The molecule has 0 aliphatic carbocycles. The van der Waals surface area contributed by atoms with Gasteiger partial charge < -0.3 is 10.4 Å². The van der Waals surface area contributed by atoms with Crippen molar-refractivity contribution in [1.82, 2.24) is 4.98 Å². The highest BCUT2D eigenvalue weighted by molar-refractivity contribution is 6.39. The quantitative estimate of drug-likeness (QED) is 0.905. The van der Waals surface area contributed by atoms with Crippen molar-refractivity contribution in [3.8, 4) is 0 Å². The third-order valence-electron chi connectivity index (χ3n) is 2.74. The number of carboxylic acids is 1. The lowest BCUT2D eigenvalue weighted by Gasteiger charge is -2.10. The Hall–Kier alpha value is -1.52. The van der Waals surface area contributed by atoms with Crippen LogP contribution in [0.2, 0.25) is 10.0 Å². The fraction of sp³-hybridized carbons (Fsp3) is 0.231. The highest BCUT2D eigenvalue weighted by Gasteiger charge is 2.10.